The van der Waals surface area contributed by atoms with Crippen LogP contribution in [-0.4, -0.2) is 34.5 Å². The third-order valence-corrected chi connectivity index (χ3v) is 3.92. The number of likely N-dealkylation sites (N-methyl/N-ethyl adjacent to an activating group) is 1. The summed E-state index contributed by atoms with van der Waals surface area (Å²) in [5.41, 5.74) is 8.56. The lowest BCUT2D eigenvalue weighted by atomic mass is 10.1. The summed E-state index contributed by atoms with van der Waals surface area (Å²) >= 11 is 0. The van der Waals surface area contributed by atoms with E-state index in [1.807, 2.05) is 18.2 Å². The molecule has 2 aromatic rings. The van der Waals surface area contributed by atoms with Crippen LogP contribution in [0.25, 0.3) is 11.0 Å². The lowest BCUT2D eigenvalue weighted by molar-refractivity contribution is 0.209. The number of nitrogens with one attached hydrogen (secondary N) is 1. The van der Waals surface area contributed by atoms with Crippen molar-refractivity contribution < 1.29 is 0 Å². The standard InChI is InChI=1S/C15H24N4/c1-10(2)11(3)19(4)8-7-15-17-13-6-5-12(16)9-14(13)18-15/h5-6,9-11H,7-8,16H2,1-4H3,(H,17,18). The molecule has 0 saturated heterocycles. The molecule has 19 heavy (non-hydrogen) atoms. The van der Waals surface area contributed by atoms with Crippen LogP contribution < -0.4 is 5.73 Å². The van der Waals surface area contributed by atoms with Crippen LogP contribution in [0.15, 0.2) is 18.2 Å². The Hall–Kier alpha value is -1.55. The molecule has 0 spiro atoms. The maximum absolute atomic E-state index is 5.77. The molecule has 4 nitrogen and oxygen atoms in total. The fourth-order valence-electron chi connectivity index (χ4n) is 2.19. The molecule has 0 radical (unpaired) electrons. The first-order chi connectivity index (χ1) is 8.97. The number of nitrogen functional groups attached to an aromatic ring is 1. The Morgan fingerprint density at radius 1 is 1.32 bits per heavy atom. The molecule has 1 unspecified atom stereocenters. The maximum Gasteiger partial charge on any atom is 0.108 e. The summed E-state index contributed by atoms with van der Waals surface area (Å²) in [6.07, 6.45) is 0.933. The number of fused-ring (bicyclic) bond motifs is 1. The van der Waals surface area contributed by atoms with Gasteiger partial charge in [0.25, 0.3) is 0 Å². The van der Waals surface area contributed by atoms with Gasteiger partial charge in [-0.1, -0.05) is 13.8 Å². The minimum atomic E-state index is 0.583. The van der Waals surface area contributed by atoms with E-state index in [1.165, 1.54) is 0 Å². The van der Waals surface area contributed by atoms with Crippen LogP contribution in [0.3, 0.4) is 0 Å². The fraction of sp³-hybridized carbons (Fsp3) is 0.533. The van der Waals surface area contributed by atoms with Crippen molar-refractivity contribution in [1.82, 2.24) is 14.9 Å². The molecule has 0 amide bonds. The second-order valence-electron chi connectivity index (χ2n) is 5.68. The average Bonchev–Trinajstić information content (AvgIpc) is 2.76. The smallest absolute Gasteiger partial charge is 0.108 e. The highest BCUT2D eigenvalue weighted by Gasteiger charge is 2.13. The van der Waals surface area contributed by atoms with Gasteiger partial charge in [-0.3, -0.25) is 0 Å². The summed E-state index contributed by atoms with van der Waals surface area (Å²) in [5, 5.41) is 0. The van der Waals surface area contributed by atoms with E-state index in [-0.39, 0.29) is 0 Å². The van der Waals surface area contributed by atoms with Crippen molar-refractivity contribution in [3.8, 4) is 0 Å². The summed E-state index contributed by atoms with van der Waals surface area (Å²) in [4.78, 5) is 10.3. The molecular formula is C15H24N4. The zero-order valence-corrected chi connectivity index (χ0v) is 12.3. The highest BCUT2D eigenvalue weighted by atomic mass is 15.1. The van der Waals surface area contributed by atoms with Crippen LogP contribution in [0.4, 0.5) is 5.69 Å². The normalized spacial score (nSPS) is 13.6. The third kappa shape index (κ3) is 3.26. The quantitative estimate of drug-likeness (QED) is 0.813. The first-order valence-electron chi connectivity index (χ1n) is 6.91. The first-order valence-corrected chi connectivity index (χ1v) is 6.91. The van der Waals surface area contributed by atoms with Crippen LogP contribution in [-0.2, 0) is 6.42 Å². The van der Waals surface area contributed by atoms with Gasteiger partial charge in [0.05, 0.1) is 11.0 Å². The van der Waals surface area contributed by atoms with Gasteiger partial charge >= 0.3 is 0 Å². The van der Waals surface area contributed by atoms with Crippen LogP contribution >= 0.6 is 0 Å². The topological polar surface area (TPSA) is 57.9 Å². The summed E-state index contributed by atoms with van der Waals surface area (Å²) in [6.45, 7) is 7.79. The van der Waals surface area contributed by atoms with Gasteiger partial charge in [-0.2, -0.15) is 0 Å². The van der Waals surface area contributed by atoms with E-state index in [4.69, 9.17) is 5.73 Å². The molecule has 104 valence electrons. The van der Waals surface area contributed by atoms with Crippen molar-refractivity contribution in [3.05, 3.63) is 24.0 Å². The number of nitrogens with two attached hydrogens (primary N) is 1. The number of hydrogen-bond donors (Lipinski definition) is 2. The van der Waals surface area contributed by atoms with Crippen LogP contribution in [0.1, 0.15) is 26.6 Å². The van der Waals surface area contributed by atoms with Crippen molar-refractivity contribution in [1.29, 1.82) is 0 Å². The Bertz CT molecular complexity index is 544. The summed E-state index contributed by atoms with van der Waals surface area (Å²) in [7, 11) is 2.17. The van der Waals surface area contributed by atoms with Gasteiger partial charge in [0, 0.05) is 24.7 Å². The summed E-state index contributed by atoms with van der Waals surface area (Å²) in [5.74, 6) is 1.70. The number of anilines is 1. The number of benzene rings is 1. The fourth-order valence-corrected chi connectivity index (χ4v) is 2.19. The molecule has 0 fully saturated rings. The number of rotatable bonds is 5. The first kappa shape index (κ1) is 13.9. The Labute approximate surface area is 115 Å². The van der Waals surface area contributed by atoms with Crippen LogP contribution in [0, 0.1) is 5.92 Å². The highest BCUT2D eigenvalue weighted by molar-refractivity contribution is 5.78. The van der Waals surface area contributed by atoms with E-state index in [2.05, 4.69) is 42.7 Å². The van der Waals surface area contributed by atoms with Crippen LogP contribution in [0.5, 0.6) is 0 Å². The van der Waals surface area contributed by atoms with Gasteiger partial charge in [0.1, 0.15) is 5.82 Å². The van der Waals surface area contributed by atoms with Gasteiger partial charge in [-0.25, -0.2) is 4.98 Å². The molecule has 3 N–H and O–H groups in total. The number of hydrogen-bond acceptors (Lipinski definition) is 3. The largest absolute Gasteiger partial charge is 0.399 e. The number of H-pyrrole nitrogens is 1. The molecule has 0 bridgehead atoms. The van der Waals surface area contributed by atoms with Crippen molar-refractivity contribution in [3.63, 3.8) is 0 Å². The van der Waals surface area contributed by atoms with E-state index >= 15 is 0 Å². The highest BCUT2D eigenvalue weighted by Crippen LogP contribution is 2.15. The molecule has 1 aromatic carbocycles. The molecule has 2 rings (SSSR count). The molecule has 1 atom stereocenters. The van der Waals surface area contributed by atoms with Crippen molar-refractivity contribution in [2.45, 2.75) is 33.2 Å². The number of nitrogens with zero attached hydrogens (tertiary/aromatic N) is 2. The molecule has 1 heterocycles. The minimum Gasteiger partial charge on any atom is -0.399 e. The molecule has 0 saturated carbocycles. The Kier molecular flexibility index (Phi) is 4.10. The van der Waals surface area contributed by atoms with Gasteiger partial charge in [-0.05, 0) is 38.1 Å². The number of aromatic nitrogens is 2. The summed E-state index contributed by atoms with van der Waals surface area (Å²) < 4.78 is 0. The van der Waals surface area contributed by atoms with E-state index in [9.17, 15) is 0 Å². The van der Waals surface area contributed by atoms with E-state index < -0.39 is 0 Å². The summed E-state index contributed by atoms with van der Waals surface area (Å²) in [6, 6.07) is 6.37. The molecule has 0 aliphatic heterocycles. The predicted molar refractivity (Wildman–Crippen MR) is 81.1 cm³/mol. The van der Waals surface area contributed by atoms with Gasteiger partial charge < -0.3 is 15.6 Å². The molecule has 0 aliphatic carbocycles. The minimum absolute atomic E-state index is 0.583. The van der Waals surface area contributed by atoms with E-state index in [0.717, 1.165) is 35.5 Å². The molecular weight excluding hydrogens is 236 g/mol. The lowest BCUT2D eigenvalue weighted by Gasteiger charge is -2.27. The zero-order valence-electron chi connectivity index (χ0n) is 12.3. The molecule has 1 aromatic heterocycles. The number of aromatic amines is 1. The van der Waals surface area contributed by atoms with Crippen molar-refractivity contribution >= 4 is 16.7 Å². The Balaban J connectivity index is 2.02. The maximum atomic E-state index is 5.77. The third-order valence-electron chi connectivity index (χ3n) is 3.92. The number of imidazole rings is 1. The van der Waals surface area contributed by atoms with Gasteiger partial charge in [-0.15, -0.1) is 0 Å². The lowest BCUT2D eigenvalue weighted by Crippen LogP contribution is -2.34. The molecule has 0 aliphatic rings. The SMILES string of the molecule is CC(C)C(C)N(C)CCc1nc2ccc(N)cc2[nH]1. The van der Waals surface area contributed by atoms with Crippen molar-refractivity contribution in [2.75, 3.05) is 19.3 Å². The Morgan fingerprint density at radius 2 is 2.05 bits per heavy atom. The van der Waals surface area contributed by atoms with E-state index in [0.29, 0.717) is 12.0 Å². The second-order valence-corrected chi connectivity index (χ2v) is 5.68. The predicted octanol–water partition coefficient (Wildman–Crippen LogP) is 2.66. The zero-order chi connectivity index (χ0) is 14.0. The molecule has 4 heteroatoms. The van der Waals surface area contributed by atoms with E-state index in [1.54, 1.807) is 0 Å². The van der Waals surface area contributed by atoms with Gasteiger partial charge in [0.15, 0.2) is 0 Å². The monoisotopic (exact) mass is 260 g/mol. The van der Waals surface area contributed by atoms with Crippen LogP contribution in [0.2, 0.25) is 0 Å². The van der Waals surface area contributed by atoms with Crippen molar-refractivity contribution in [2.24, 2.45) is 5.92 Å². The second kappa shape index (κ2) is 5.61. The van der Waals surface area contributed by atoms with Gasteiger partial charge in [0.2, 0.25) is 0 Å². The average molecular weight is 260 g/mol. The Morgan fingerprint density at radius 3 is 2.74 bits per heavy atom.